The molecular weight excluding hydrogens is 244 g/mol. The Bertz CT molecular complexity index is 452. The molecule has 0 bridgehead atoms. The summed E-state index contributed by atoms with van der Waals surface area (Å²) < 4.78 is 1.80. The fourth-order valence-corrected chi connectivity index (χ4v) is 1.65. The molecule has 0 aliphatic rings. The number of pyridine rings is 1. The first-order valence-electron chi connectivity index (χ1n) is 3.73. The smallest absolute Gasteiger partial charge is 0.0996 e. The number of hydrogen-bond donors (Lipinski definition) is 1. The van der Waals surface area contributed by atoms with Gasteiger partial charge in [0.25, 0.3) is 0 Å². The largest absolute Gasteiger partial charge is 0.325 e. The standard InChI is InChI=1S/C8H7Cl2N3.ClH/c9-5-1-2-13-4-12-6(3-11)8(13)7(5)10;/h1-2,4H,3,11H2;1H. The van der Waals surface area contributed by atoms with Gasteiger partial charge in [-0.2, -0.15) is 0 Å². The van der Waals surface area contributed by atoms with Gasteiger partial charge in [0.05, 0.1) is 27.6 Å². The zero-order valence-electron chi connectivity index (χ0n) is 7.08. The highest BCUT2D eigenvalue weighted by Gasteiger charge is 2.09. The molecule has 0 atom stereocenters. The summed E-state index contributed by atoms with van der Waals surface area (Å²) >= 11 is 11.9. The molecule has 2 aromatic rings. The van der Waals surface area contributed by atoms with E-state index in [2.05, 4.69) is 4.98 Å². The molecule has 0 saturated heterocycles. The van der Waals surface area contributed by atoms with Crippen molar-refractivity contribution in [3.63, 3.8) is 0 Å². The molecule has 14 heavy (non-hydrogen) atoms. The third kappa shape index (κ3) is 1.68. The Morgan fingerprint density at radius 2 is 2.14 bits per heavy atom. The predicted octanol–water partition coefficient (Wildman–Crippen LogP) is 2.52. The molecule has 76 valence electrons. The van der Waals surface area contributed by atoms with Crippen molar-refractivity contribution in [2.24, 2.45) is 5.73 Å². The Balaban J connectivity index is 0.000000980. The van der Waals surface area contributed by atoms with E-state index < -0.39 is 0 Å². The minimum absolute atomic E-state index is 0. The van der Waals surface area contributed by atoms with Crippen LogP contribution >= 0.6 is 35.6 Å². The summed E-state index contributed by atoms with van der Waals surface area (Å²) in [5.41, 5.74) is 7.05. The molecule has 0 aliphatic carbocycles. The lowest BCUT2D eigenvalue weighted by molar-refractivity contribution is 1.02. The second-order valence-corrected chi connectivity index (χ2v) is 3.41. The van der Waals surface area contributed by atoms with Crippen LogP contribution < -0.4 is 5.73 Å². The van der Waals surface area contributed by atoms with E-state index in [9.17, 15) is 0 Å². The molecule has 0 spiro atoms. The maximum atomic E-state index is 6.00. The summed E-state index contributed by atoms with van der Waals surface area (Å²) in [5, 5.41) is 1.02. The van der Waals surface area contributed by atoms with E-state index in [4.69, 9.17) is 28.9 Å². The van der Waals surface area contributed by atoms with Crippen LogP contribution in [-0.4, -0.2) is 9.38 Å². The number of nitrogens with zero attached hydrogens (tertiary/aromatic N) is 2. The van der Waals surface area contributed by atoms with Crippen molar-refractivity contribution in [3.05, 3.63) is 34.3 Å². The van der Waals surface area contributed by atoms with Gasteiger partial charge in [0.2, 0.25) is 0 Å². The molecule has 6 heteroatoms. The number of hydrogen-bond acceptors (Lipinski definition) is 2. The Kier molecular flexibility index (Phi) is 3.61. The molecule has 0 fully saturated rings. The van der Waals surface area contributed by atoms with E-state index in [1.807, 2.05) is 0 Å². The van der Waals surface area contributed by atoms with Gasteiger partial charge >= 0.3 is 0 Å². The Labute approximate surface area is 97.2 Å². The molecule has 2 rings (SSSR count). The topological polar surface area (TPSA) is 43.3 Å². The minimum Gasteiger partial charge on any atom is -0.325 e. The molecule has 2 N–H and O–H groups in total. The zero-order chi connectivity index (χ0) is 9.42. The van der Waals surface area contributed by atoms with Gasteiger partial charge in [-0.15, -0.1) is 12.4 Å². The number of nitrogens with two attached hydrogens (primary N) is 1. The van der Waals surface area contributed by atoms with Gasteiger partial charge in [0.1, 0.15) is 0 Å². The second-order valence-electron chi connectivity index (χ2n) is 2.63. The van der Waals surface area contributed by atoms with Gasteiger partial charge in [-0.25, -0.2) is 4.98 Å². The number of rotatable bonds is 1. The van der Waals surface area contributed by atoms with E-state index >= 15 is 0 Å². The zero-order valence-corrected chi connectivity index (χ0v) is 9.40. The average molecular weight is 253 g/mol. The molecule has 3 nitrogen and oxygen atoms in total. The number of fused-ring (bicyclic) bond motifs is 1. The van der Waals surface area contributed by atoms with Crippen LogP contribution in [0.25, 0.3) is 5.52 Å². The molecule has 0 saturated carbocycles. The van der Waals surface area contributed by atoms with Crippen molar-refractivity contribution >= 4 is 41.1 Å². The van der Waals surface area contributed by atoms with Crippen molar-refractivity contribution < 1.29 is 0 Å². The van der Waals surface area contributed by atoms with E-state index in [1.54, 1.807) is 23.0 Å². The summed E-state index contributed by atoms with van der Waals surface area (Å²) in [4.78, 5) is 4.11. The molecular formula is C8H8Cl3N3. The number of halogens is 3. The Morgan fingerprint density at radius 3 is 2.79 bits per heavy atom. The fourth-order valence-electron chi connectivity index (χ4n) is 1.23. The molecule has 0 radical (unpaired) electrons. The van der Waals surface area contributed by atoms with Crippen LogP contribution in [0.15, 0.2) is 18.6 Å². The van der Waals surface area contributed by atoms with Crippen LogP contribution in [0.4, 0.5) is 0 Å². The quantitative estimate of drug-likeness (QED) is 0.847. The first-order valence-corrected chi connectivity index (χ1v) is 4.49. The first-order chi connectivity index (χ1) is 6.24. The van der Waals surface area contributed by atoms with Gasteiger partial charge in [0.15, 0.2) is 0 Å². The molecule has 2 heterocycles. The minimum atomic E-state index is 0. The normalized spacial score (nSPS) is 10.2. The van der Waals surface area contributed by atoms with Crippen molar-refractivity contribution in [3.8, 4) is 0 Å². The summed E-state index contributed by atoms with van der Waals surface area (Å²) in [6.45, 7) is 0.358. The van der Waals surface area contributed by atoms with Gasteiger partial charge in [0, 0.05) is 12.7 Å². The van der Waals surface area contributed by atoms with Crippen LogP contribution in [0, 0.1) is 0 Å². The maximum absolute atomic E-state index is 6.00. The van der Waals surface area contributed by atoms with Crippen LogP contribution in [0.3, 0.4) is 0 Å². The van der Waals surface area contributed by atoms with Gasteiger partial charge in [-0.3, -0.25) is 0 Å². The van der Waals surface area contributed by atoms with Crippen molar-refractivity contribution in [1.29, 1.82) is 0 Å². The van der Waals surface area contributed by atoms with Crippen LogP contribution in [0.5, 0.6) is 0 Å². The molecule has 0 aromatic carbocycles. The Morgan fingerprint density at radius 1 is 1.43 bits per heavy atom. The maximum Gasteiger partial charge on any atom is 0.0996 e. The molecule has 0 unspecified atom stereocenters. The monoisotopic (exact) mass is 251 g/mol. The SMILES string of the molecule is Cl.NCc1ncn2ccc(Cl)c(Cl)c12. The van der Waals surface area contributed by atoms with E-state index in [-0.39, 0.29) is 12.4 Å². The van der Waals surface area contributed by atoms with E-state index in [0.717, 1.165) is 11.2 Å². The summed E-state index contributed by atoms with van der Waals surface area (Å²) in [7, 11) is 0. The highest BCUT2D eigenvalue weighted by atomic mass is 35.5. The average Bonchev–Trinajstić information content (AvgIpc) is 2.55. The number of aromatic nitrogens is 2. The first kappa shape index (κ1) is 11.6. The highest BCUT2D eigenvalue weighted by Crippen LogP contribution is 2.27. The van der Waals surface area contributed by atoms with Gasteiger partial charge in [-0.1, -0.05) is 23.2 Å². The van der Waals surface area contributed by atoms with Gasteiger partial charge < -0.3 is 10.1 Å². The van der Waals surface area contributed by atoms with Crippen molar-refractivity contribution in [2.45, 2.75) is 6.54 Å². The van der Waals surface area contributed by atoms with E-state index in [0.29, 0.717) is 16.6 Å². The number of imidazole rings is 1. The second kappa shape index (κ2) is 4.36. The summed E-state index contributed by atoms with van der Waals surface area (Å²) in [5.74, 6) is 0. The van der Waals surface area contributed by atoms with Crippen LogP contribution in [0.2, 0.25) is 10.0 Å². The lowest BCUT2D eigenvalue weighted by Crippen LogP contribution is -1.97. The molecule has 0 aliphatic heterocycles. The highest BCUT2D eigenvalue weighted by molar-refractivity contribution is 6.44. The van der Waals surface area contributed by atoms with Crippen LogP contribution in [0.1, 0.15) is 5.69 Å². The molecule has 2 aromatic heterocycles. The molecule has 0 amide bonds. The third-order valence-corrected chi connectivity index (χ3v) is 2.66. The van der Waals surface area contributed by atoms with E-state index in [1.165, 1.54) is 0 Å². The third-order valence-electron chi connectivity index (χ3n) is 1.86. The van der Waals surface area contributed by atoms with Gasteiger partial charge in [-0.05, 0) is 6.07 Å². The summed E-state index contributed by atoms with van der Waals surface area (Å²) in [6.07, 6.45) is 3.47. The Hall–Kier alpha value is -0.480. The fraction of sp³-hybridized carbons (Fsp3) is 0.125. The van der Waals surface area contributed by atoms with Crippen LogP contribution in [-0.2, 0) is 6.54 Å². The lowest BCUT2D eigenvalue weighted by Gasteiger charge is -2.00. The summed E-state index contributed by atoms with van der Waals surface area (Å²) in [6, 6.07) is 1.72. The predicted molar refractivity (Wildman–Crippen MR) is 60.4 cm³/mol. The van der Waals surface area contributed by atoms with Crippen molar-refractivity contribution in [1.82, 2.24) is 9.38 Å². The lowest BCUT2D eigenvalue weighted by atomic mass is 10.3. The van der Waals surface area contributed by atoms with Crippen molar-refractivity contribution in [2.75, 3.05) is 0 Å².